The molecule has 0 radical (unpaired) electrons. The Kier molecular flexibility index (Phi) is 9.73. The van der Waals surface area contributed by atoms with E-state index < -0.39 is 47.2 Å². The molecule has 40 heavy (non-hydrogen) atoms. The van der Waals surface area contributed by atoms with Crippen molar-refractivity contribution in [3.63, 3.8) is 0 Å². The zero-order valence-electron chi connectivity index (χ0n) is 25.2. The number of piperidine rings is 1. The summed E-state index contributed by atoms with van der Waals surface area (Å²) in [4.78, 5) is 67.3. The van der Waals surface area contributed by atoms with Crippen LogP contribution in [0.4, 0.5) is 4.79 Å². The number of likely N-dealkylation sites (tertiary alicyclic amines) is 1. The molecule has 7 atom stereocenters. The first-order valence-electron chi connectivity index (χ1n) is 14.6. The molecule has 224 valence electrons. The lowest BCUT2D eigenvalue weighted by atomic mass is 9.85. The van der Waals surface area contributed by atoms with E-state index in [1.165, 1.54) is 6.08 Å². The summed E-state index contributed by atoms with van der Waals surface area (Å²) >= 11 is 0. The van der Waals surface area contributed by atoms with E-state index in [1.807, 2.05) is 27.7 Å². The van der Waals surface area contributed by atoms with E-state index in [0.29, 0.717) is 25.3 Å². The third kappa shape index (κ3) is 6.86. The third-order valence-electron chi connectivity index (χ3n) is 8.90. The Morgan fingerprint density at radius 3 is 2.35 bits per heavy atom. The van der Waals surface area contributed by atoms with Gasteiger partial charge < -0.3 is 25.6 Å². The zero-order valence-corrected chi connectivity index (χ0v) is 25.2. The molecule has 3 rings (SSSR count). The number of Topliss-reactive ketones (excluding diaryl/α,β-unsaturated/α-hetero) is 1. The molecule has 4 amide bonds. The van der Waals surface area contributed by atoms with Crippen LogP contribution >= 0.6 is 0 Å². The van der Waals surface area contributed by atoms with Crippen molar-refractivity contribution in [1.29, 1.82) is 0 Å². The fraction of sp³-hybridized carbons (Fsp3) is 0.767. The van der Waals surface area contributed by atoms with E-state index in [2.05, 4.69) is 43.3 Å². The van der Waals surface area contributed by atoms with Gasteiger partial charge in [-0.1, -0.05) is 61.0 Å². The molecule has 10 nitrogen and oxygen atoms in total. The Morgan fingerprint density at radius 1 is 1.12 bits per heavy atom. The number of carbonyl (C=O) groups excluding carboxylic acids is 5. The molecular weight excluding hydrogens is 512 g/mol. The summed E-state index contributed by atoms with van der Waals surface area (Å²) in [7, 11) is 0. The monoisotopic (exact) mass is 560 g/mol. The number of rotatable bonds is 11. The fourth-order valence-electron chi connectivity index (χ4n) is 6.42. The smallest absolute Gasteiger partial charge is 0.408 e. The van der Waals surface area contributed by atoms with Crippen LogP contribution in [0.1, 0.15) is 80.6 Å². The van der Waals surface area contributed by atoms with Gasteiger partial charge in [-0.3, -0.25) is 19.2 Å². The number of alkyl carbamates (subject to hydrolysis) is 1. The van der Waals surface area contributed by atoms with E-state index in [9.17, 15) is 24.0 Å². The number of nitrogens with zero attached hydrogens (tertiary/aromatic N) is 1. The maximum Gasteiger partial charge on any atom is 0.408 e. The standard InChI is InChI=1S/C30H48N4O6/c1-9-11-20(23(35)26(37)31-14-10-2)32-25(36)22-21-19(30(21,7)8)16-34(22)27(38)24(29(4,5)6)33-28(39)40-18-13-12-17(3)15-18/h10,17-22,24H,2,9,11-16H2,1,3-8H3,(H,31,37)(H,32,36)(H,33,39)/t17-,18?,19?,20?,21?,22?,24-/m1/s1. The first-order chi connectivity index (χ1) is 18.6. The number of hydrogen-bond donors (Lipinski definition) is 3. The van der Waals surface area contributed by atoms with Gasteiger partial charge in [-0.05, 0) is 54.3 Å². The Morgan fingerprint density at radius 2 is 1.80 bits per heavy atom. The second kappa shape index (κ2) is 12.3. The Bertz CT molecular complexity index is 1020. The second-order valence-corrected chi connectivity index (χ2v) is 13.5. The summed E-state index contributed by atoms with van der Waals surface area (Å²) in [6.07, 6.45) is 4.16. The molecule has 0 aromatic carbocycles. The molecule has 0 aromatic rings. The fourth-order valence-corrected chi connectivity index (χ4v) is 6.42. The lowest BCUT2D eigenvalue weighted by Gasteiger charge is -2.37. The Labute approximate surface area is 238 Å². The Hall–Kier alpha value is -2.91. The molecule has 2 saturated carbocycles. The van der Waals surface area contributed by atoms with Gasteiger partial charge in [0.25, 0.3) is 5.91 Å². The van der Waals surface area contributed by atoms with Crippen molar-refractivity contribution >= 4 is 29.6 Å². The highest BCUT2D eigenvalue weighted by molar-refractivity contribution is 6.38. The molecule has 3 aliphatic rings. The third-order valence-corrected chi connectivity index (χ3v) is 8.90. The molecular formula is C30H48N4O6. The van der Waals surface area contributed by atoms with Crippen molar-refractivity contribution in [3.8, 4) is 0 Å². The highest BCUT2D eigenvalue weighted by Gasteiger charge is 2.70. The second-order valence-electron chi connectivity index (χ2n) is 13.5. The molecule has 0 aromatic heterocycles. The van der Waals surface area contributed by atoms with Crippen molar-refractivity contribution in [1.82, 2.24) is 20.9 Å². The normalized spacial score (nSPS) is 28.1. The van der Waals surface area contributed by atoms with E-state index in [-0.39, 0.29) is 35.8 Å². The van der Waals surface area contributed by atoms with E-state index in [0.717, 1.165) is 19.3 Å². The number of hydrogen-bond acceptors (Lipinski definition) is 6. The van der Waals surface area contributed by atoms with Crippen LogP contribution in [0.25, 0.3) is 0 Å². The molecule has 10 heteroatoms. The molecule has 3 N–H and O–H groups in total. The van der Waals surface area contributed by atoms with Gasteiger partial charge in [0.05, 0.1) is 6.04 Å². The molecule has 1 heterocycles. The van der Waals surface area contributed by atoms with Gasteiger partial charge >= 0.3 is 6.09 Å². The predicted octanol–water partition coefficient (Wildman–Crippen LogP) is 2.96. The SMILES string of the molecule is C=CCNC(=O)C(=O)C(CCC)NC(=O)C1C2C(CN1C(=O)[C@@H](NC(=O)OC1CC[C@@H](C)C1)C(C)(C)C)C2(C)C. The van der Waals surface area contributed by atoms with Crippen molar-refractivity contribution in [3.05, 3.63) is 12.7 Å². The summed E-state index contributed by atoms with van der Waals surface area (Å²) in [5, 5.41) is 8.06. The van der Waals surface area contributed by atoms with Gasteiger partial charge in [-0.25, -0.2) is 4.79 Å². The van der Waals surface area contributed by atoms with Gasteiger partial charge in [-0.15, -0.1) is 6.58 Å². The van der Waals surface area contributed by atoms with Crippen LogP contribution in [0, 0.1) is 28.6 Å². The summed E-state index contributed by atoms with van der Waals surface area (Å²) < 4.78 is 5.63. The van der Waals surface area contributed by atoms with Crippen molar-refractivity contribution in [2.24, 2.45) is 28.6 Å². The van der Waals surface area contributed by atoms with E-state index >= 15 is 0 Å². The average molecular weight is 561 g/mol. The zero-order chi connectivity index (χ0) is 30.0. The number of nitrogens with one attached hydrogen (secondary N) is 3. The van der Waals surface area contributed by atoms with Crippen LogP contribution in [-0.4, -0.2) is 71.8 Å². The molecule has 0 spiro atoms. The maximum atomic E-state index is 14.0. The molecule has 5 unspecified atom stereocenters. The summed E-state index contributed by atoms with van der Waals surface area (Å²) in [5.74, 6) is -1.79. The van der Waals surface area contributed by atoms with Crippen molar-refractivity contribution in [2.75, 3.05) is 13.1 Å². The van der Waals surface area contributed by atoms with E-state index in [1.54, 1.807) is 4.90 Å². The highest BCUT2D eigenvalue weighted by Crippen LogP contribution is 2.65. The minimum absolute atomic E-state index is 0.0871. The summed E-state index contributed by atoms with van der Waals surface area (Å²) in [5.41, 5.74) is -0.792. The van der Waals surface area contributed by atoms with Crippen LogP contribution < -0.4 is 16.0 Å². The lowest BCUT2D eigenvalue weighted by Crippen LogP contribution is -2.60. The van der Waals surface area contributed by atoms with E-state index in [4.69, 9.17) is 4.74 Å². The average Bonchev–Trinajstić information content (AvgIpc) is 3.21. The molecule has 0 bridgehead atoms. The van der Waals surface area contributed by atoms with Crippen molar-refractivity contribution < 1.29 is 28.7 Å². The van der Waals surface area contributed by atoms with Crippen LogP contribution in [0.5, 0.6) is 0 Å². The topological polar surface area (TPSA) is 134 Å². The van der Waals surface area contributed by atoms with Crippen LogP contribution in [-0.2, 0) is 23.9 Å². The largest absolute Gasteiger partial charge is 0.446 e. The Balaban J connectivity index is 1.78. The van der Waals surface area contributed by atoms with Crippen LogP contribution in [0.3, 0.4) is 0 Å². The molecule has 3 fully saturated rings. The van der Waals surface area contributed by atoms with Gasteiger partial charge in [0, 0.05) is 13.1 Å². The van der Waals surface area contributed by atoms with Crippen LogP contribution in [0.15, 0.2) is 12.7 Å². The quantitative estimate of drug-likeness (QED) is 0.263. The number of amides is 4. The predicted molar refractivity (Wildman–Crippen MR) is 151 cm³/mol. The molecule has 2 aliphatic carbocycles. The van der Waals surface area contributed by atoms with Gasteiger partial charge in [0.15, 0.2) is 0 Å². The first kappa shape index (κ1) is 31.6. The van der Waals surface area contributed by atoms with Gasteiger partial charge in [0.2, 0.25) is 17.6 Å². The minimum atomic E-state index is -1.000. The van der Waals surface area contributed by atoms with Crippen molar-refractivity contribution in [2.45, 2.75) is 105 Å². The van der Waals surface area contributed by atoms with Crippen LogP contribution in [0.2, 0.25) is 0 Å². The van der Waals surface area contributed by atoms with Gasteiger partial charge in [-0.2, -0.15) is 0 Å². The lowest BCUT2D eigenvalue weighted by molar-refractivity contribution is -0.145. The first-order valence-corrected chi connectivity index (χ1v) is 14.6. The minimum Gasteiger partial charge on any atom is -0.446 e. The molecule has 1 aliphatic heterocycles. The summed E-state index contributed by atoms with van der Waals surface area (Å²) in [6, 6.07) is -2.72. The number of ketones is 1. The maximum absolute atomic E-state index is 14.0. The number of ether oxygens (including phenoxy) is 1. The number of carbonyl (C=O) groups is 5. The van der Waals surface area contributed by atoms with Gasteiger partial charge in [0.1, 0.15) is 18.2 Å². The summed E-state index contributed by atoms with van der Waals surface area (Å²) in [6.45, 7) is 17.8. The highest BCUT2D eigenvalue weighted by atomic mass is 16.6. The number of fused-ring (bicyclic) bond motifs is 1. The molecule has 1 saturated heterocycles.